The Morgan fingerprint density at radius 1 is 1.00 bits per heavy atom. The van der Waals surface area contributed by atoms with Crippen molar-refractivity contribution >= 4 is 26.0 Å². The SMILES string of the molecule is COc1cc(C=CC(=O)CC(=O)c2ccccc2)ccc1O[Si](C)(C)C(C)(C)C. The first-order valence-electron chi connectivity index (χ1n) is 9.70. The number of carbonyl (C=O) groups excluding carboxylic acids is 2. The van der Waals surface area contributed by atoms with Crippen molar-refractivity contribution in [2.45, 2.75) is 45.3 Å². The minimum Gasteiger partial charge on any atom is -0.541 e. The second-order valence-corrected chi connectivity index (χ2v) is 13.3. The van der Waals surface area contributed by atoms with Gasteiger partial charge in [-0.15, -0.1) is 0 Å². The van der Waals surface area contributed by atoms with E-state index < -0.39 is 8.32 Å². The molecule has 0 radical (unpaired) electrons. The van der Waals surface area contributed by atoms with Gasteiger partial charge in [-0.3, -0.25) is 9.59 Å². The zero-order valence-corrected chi connectivity index (χ0v) is 19.1. The molecular formula is C24H30O4Si. The van der Waals surface area contributed by atoms with E-state index in [1.54, 1.807) is 37.5 Å². The molecular weight excluding hydrogens is 380 g/mol. The molecule has 2 aromatic carbocycles. The van der Waals surface area contributed by atoms with E-state index in [0.717, 1.165) is 5.56 Å². The van der Waals surface area contributed by atoms with E-state index >= 15 is 0 Å². The molecule has 0 bridgehead atoms. The summed E-state index contributed by atoms with van der Waals surface area (Å²) < 4.78 is 11.8. The van der Waals surface area contributed by atoms with E-state index in [4.69, 9.17) is 9.16 Å². The number of rotatable bonds is 8. The molecule has 29 heavy (non-hydrogen) atoms. The van der Waals surface area contributed by atoms with Gasteiger partial charge < -0.3 is 9.16 Å². The van der Waals surface area contributed by atoms with Crippen molar-refractivity contribution in [3.8, 4) is 11.5 Å². The molecule has 0 amide bonds. The molecule has 0 atom stereocenters. The van der Waals surface area contributed by atoms with Gasteiger partial charge >= 0.3 is 0 Å². The molecule has 0 aromatic heterocycles. The third-order valence-corrected chi connectivity index (χ3v) is 9.59. The lowest BCUT2D eigenvalue weighted by atomic mass is 10.1. The van der Waals surface area contributed by atoms with Crippen LogP contribution in [0.25, 0.3) is 6.08 Å². The van der Waals surface area contributed by atoms with Crippen molar-refractivity contribution in [2.24, 2.45) is 0 Å². The predicted molar refractivity (Wildman–Crippen MR) is 120 cm³/mol. The van der Waals surface area contributed by atoms with Gasteiger partial charge in [0.25, 0.3) is 8.32 Å². The summed E-state index contributed by atoms with van der Waals surface area (Å²) in [5.74, 6) is 0.918. The van der Waals surface area contributed by atoms with E-state index in [9.17, 15) is 9.59 Å². The minimum absolute atomic E-state index is 0.0777. The van der Waals surface area contributed by atoms with E-state index in [-0.39, 0.29) is 23.0 Å². The first-order valence-corrected chi connectivity index (χ1v) is 12.6. The van der Waals surface area contributed by atoms with Crippen LogP contribution in [0.3, 0.4) is 0 Å². The monoisotopic (exact) mass is 410 g/mol. The van der Waals surface area contributed by atoms with Crippen LogP contribution in [0, 0.1) is 0 Å². The number of Topliss-reactive ketones (excluding diaryl/α,β-unsaturated/α-hetero) is 1. The summed E-state index contributed by atoms with van der Waals surface area (Å²) in [4.78, 5) is 24.3. The Labute approximate surface area is 174 Å². The first kappa shape index (κ1) is 22.6. The molecule has 0 unspecified atom stereocenters. The van der Waals surface area contributed by atoms with Crippen LogP contribution in [0.1, 0.15) is 43.1 Å². The van der Waals surface area contributed by atoms with Gasteiger partial charge in [-0.05, 0) is 41.9 Å². The molecule has 2 rings (SSSR count). The van der Waals surface area contributed by atoms with Crippen LogP contribution < -0.4 is 9.16 Å². The van der Waals surface area contributed by atoms with Gasteiger partial charge in [0.1, 0.15) is 5.75 Å². The summed E-state index contributed by atoms with van der Waals surface area (Å²) >= 11 is 0. The zero-order chi connectivity index (χ0) is 21.7. The Hall–Kier alpha value is -2.66. The average Bonchev–Trinajstić information content (AvgIpc) is 2.66. The van der Waals surface area contributed by atoms with E-state index in [1.165, 1.54) is 6.08 Å². The normalized spacial score (nSPS) is 12.1. The van der Waals surface area contributed by atoms with Crippen LogP contribution in [0.15, 0.2) is 54.6 Å². The van der Waals surface area contributed by atoms with Gasteiger partial charge in [0.2, 0.25) is 0 Å². The predicted octanol–water partition coefficient (Wildman–Crippen LogP) is 5.93. The number of ether oxygens (including phenoxy) is 1. The van der Waals surface area contributed by atoms with Crippen molar-refractivity contribution in [1.82, 2.24) is 0 Å². The summed E-state index contributed by atoms with van der Waals surface area (Å²) in [5, 5.41) is 0.0777. The summed E-state index contributed by atoms with van der Waals surface area (Å²) in [6, 6.07) is 14.4. The van der Waals surface area contributed by atoms with Crippen molar-refractivity contribution in [3.05, 3.63) is 65.7 Å². The Kier molecular flexibility index (Phi) is 7.20. The average molecular weight is 411 g/mol. The minimum atomic E-state index is -1.99. The van der Waals surface area contributed by atoms with E-state index in [0.29, 0.717) is 17.1 Å². The van der Waals surface area contributed by atoms with Gasteiger partial charge in [0.05, 0.1) is 13.5 Å². The number of methoxy groups -OCH3 is 1. The standard InChI is InChI=1S/C24H30O4Si/c1-24(2,3)29(5,6)28-22-15-13-18(16-23(22)27-4)12-14-20(25)17-21(26)19-10-8-7-9-11-19/h7-16H,17H2,1-6H3. The van der Waals surface area contributed by atoms with Crippen molar-refractivity contribution in [1.29, 1.82) is 0 Å². The Bertz CT molecular complexity index is 893. The van der Waals surface area contributed by atoms with Gasteiger partial charge in [0, 0.05) is 5.56 Å². The number of hydrogen-bond donors (Lipinski definition) is 0. The second kappa shape index (κ2) is 9.22. The van der Waals surface area contributed by atoms with Gasteiger partial charge in [-0.1, -0.05) is 63.2 Å². The number of hydrogen-bond acceptors (Lipinski definition) is 4. The highest BCUT2D eigenvalue weighted by molar-refractivity contribution is 6.74. The molecule has 2 aromatic rings. The molecule has 0 saturated carbocycles. The molecule has 0 aliphatic rings. The molecule has 5 heteroatoms. The Morgan fingerprint density at radius 2 is 1.66 bits per heavy atom. The number of ketones is 2. The topological polar surface area (TPSA) is 52.6 Å². The number of carbonyl (C=O) groups is 2. The smallest absolute Gasteiger partial charge is 0.250 e. The third kappa shape index (κ3) is 6.16. The molecule has 0 aliphatic carbocycles. The maximum Gasteiger partial charge on any atom is 0.250 e. The maximum atomic E-state index is 12.2. The highest BCUT2D eigenvalue weighted by Crippen LogP contribution is 2.40. The molecule has 0 spiro atoms. The van der Waals surface area contributed by atoms with Gasteiger partial charge in [-0.2, -0.15) is 0 Å². The van der Waals surface area contributed by atoms with Crippen LogP contribution >= 0.6 is 0 Å². The quantitative estimate of drug-likeness (QED) is 0.234. The van der Waals surface area contributed by atoms with Crippen LogP contribution in [0.2, 0.25) is 18.1 Å². The van der Waals surface area contributed by atoms with Crippen LogP contribution in [0.4, 0.5) is 0 Å². The van der Waals surface area contributed by atoms with Gasteiger partial charge in [0.15, 0.2) is 17.3 Å². The van der Waals surface area contributed by atoms with Crippen LogP contribution in [-0.2, 0) is 4.79 Å². The highest BCUT2D eigenvalue weighted by Gasteiger charge is 2.39. The Balaban J connectivity index is 2.09. The largest absolute Gasteiger partial charge is 0.541 e. The van der Waals surface area contributed by atoms with E-state index in [2.05, 4.69) is 33.9 Å². The fourth-order valence-electron chi connectivity index (χ4n) is 2.43. The first-order chi connectivity index (χ1) is 13.5. The fourth-order valence-corrected chi connectivity index (χ4v) is 3.46. The van der Waals surface area contributed by atoms with Gasteiger partial charge in [-0.25, -0.2) is 0 Å². The summed E-state index contributed by atoms with van der Waals surface area (Å²) in [7, 11) is -0.385. The number of allylic oxidation sites excluding steroid dienone is 1. The molecule has 0 saturated heterocycles. The number of benzene rings is 2. The third-order valence-electron chi connectivity index (χ3n) is 5.25. The maximum absolute atomic E-state index is 12.2. The lowest BCUT2D eigenvalue weighted by molar-refractivity contribution is -0.113. The molecule has 154 valence electrons. The second-order valence-electron chi connectivity index (χ2n) is 8.54. The lowest BCUT2D eigenvalue weighted by Gasteiger charge is -2.36. The van der Waals surface area contributed by atoms with Crippen molar-refractivity contribution in [3.63, 3.8) is 0 Å². The van der Waals surface area contributed by atoms with Crippen LogP contribution in [-0.4, -0.2) is 27.0 Å². The molecule has 0 heterocycles. The van der Waals surface area contributed by atoms with Crippen molar-refractivity contribution < 1.29 is 18.8 Å². The fraction of sp³-hybridized carbons (Fsp3) is 0.333. The molecule has 0 aliphatic heterocycles. The Morgan fingerprint density at radius 3 is 2.24 bits per heavy atom. The molecule has 0 fully saturated rings. The van der Waals surface area contributed by atoms with Crippen LogP contribution in [0.5, 0.6) is 11.5 Å². The lowest BCUT2D eigenvalue weighted by Crippen LogP contribution is -2.43. The summed E-state index contributed by atoms with van der Waals surface area (Å²) in [6.45, 7) is 10.9. The summed E-state index contributed by atoms with van der Waals surface area (Å²) in [5.41, 5.74) is 1.35. The zero-order valence-electron chi connectivity index (χ0n) is 18.1. The highest BCUT2D eigenvalue weighted by atomic mass is 28.4. The van der Waals surface area contributed by atoms with Crippen molar-refractivity contribution in [2.75, 3.05) is 7.11 Å². The molecule has 4 nitrogen and oxygen atoms in total. The summed E-state index contributed by atoms with van der Waals surface area (Å²) in [6.07, 6.45) is 2.98. The molecule has 0 N–H and O–H groups in total. The van der Waals surface area contributed by atoms with E-state index in [1.807, 2.05) is 24.3 Å².